The van der Waals surface area contributed by atoms with Crippen molar-refractivity contribution >= 4 is 28.9 Å². The van der Waals surface area contributed by atoms with E-state index in [0.29, 0.717) is 18.4 Å². The van der Waals surface area contributed by atoms with E-state index < -0.39 is 0 Å². The van der Waals surface area contributed by atoms with E-state index in [1.165, 1.54) is 0 Å². The number of carbonyl (C=O) groups is 2. The van der Waals surface area contributed by atoms with Crippen LogP contribution >= 0.6 is 0 Å². The molecule has 0 spiro atoms. The molecule has 0 aliphatic carbocycles. The summed E-state index contributed by atoms with van der Waals surface area (Å²) in [4.78, 5) is 30.6. The molecule has 176 valence electrons. The van der Waals surface area contributed by atoms with Crippen LogP contribution in [0.3, 0.4) is 0 Å². The lowest BCUT2D eigenvalue weighted by Gasteiger charge is -2.43. The molecule has 0 aromatic heterocycles. The van der Waals surface area contributed by atoms with Crippen molar-refractivity contribution in [1.82, 2.24) is 0 Å². The number of para-hydroxylation sites is 2. The van der Waals surface area contributed by atoms with Gasteiger partial charge in [0.2, 0.25) is 5.91 Å². The number of rotatable bonds is 7. The van der Waals surface area contributed by atoms with Crippen molar-refractivity contribution in [1.29, 1.82) is 0 Å². The minimum absolute atomic E-state index is 0.0199. The zero-order chi connectivity index (χ0) is 24.1. The summed E-state index contributed by atoms with van der Waals surface area (Å²) < 4.78 is 0. The molecule has 1 heterocycles. The maximum absolute atomic E-state index is 13.7. The largest absolute Gasteiger partial charge is 0.385 e. The molecule has 3 aromatic carbocycles. The summed E-state index contributed by atoms with van der Waals surface area (Å²) in [6, 6.07) is 25.3. The molecule has 2 atom stereocenters. The zero-order valence-electron chi connectivity index (χ0n) is 20.2. The van der Waals surface area contributed by atoms with Crippen LogP contribution in [0.15, 0.2) is 78.9 Å². The van der Waals surface area contributed by atoms with Gasteiger partial charge in [-0.3, -0.25) is 9.59 Å². The second-order valence-electron chi connectivity index (χ2n) is 8.79. The van der Waals surface area contributed by atoms with Crippen molar-refractivity contribution in [2.45, 2.75) is 52.1 Å². The first-order valence-corrected chi connectivity index (χ1v) is 12.2. The van der Waals surface area contributed by atoms with Gasteiger partial charge in [0.25, 0.3) is 5.91 Å². The third-order valence-electron chi connectivity index (χ3n) is 6.41. The molecular formula is C29H33N3O2. The highest BCUT2D eigenvalue weighted by molar-refractivity contribution is 6.07. The minimum Gasteiger partial charge on any atom is -0.385 e. The molecule has 0 saturated carbocycles. The van der Waals surface area contributed by atoms with E-state index in [0.717, 1.165) is 35.6 Å². The highest BCUT2D eigenvalue weighted by Gasteiger charge is 2.38. The van der Waals surface area contributed by atoms with E-state index in [2.05, 4.69) is 19.2 Å². The van der Waals surface area contributed by atoms with Gasteiger partial charge in [-0.2, -0.15) is 0 Å². The second kappa shape index (κ2) is 10.6. The van der Waals surface area contributed by atoms with Crippen molar-refractivity contribution in [3.63, 3.8) is 0 Å². The Balaban J connectivity index is 1.70. The fourth-order valence-electron chi connectivity index (χ4n) is 4.73. The van der Waals surface area contributed by atoms with Gasteiger partial charge in [0.15, 0.2) is 0 Å². The molecule has 5 heteroatoms. The molecule has 0 bridgehead atoms. The predicted octanol–water partition coefficient (Wildman–Crippen LogP) is 6.43. The number of amides is 2. The van der Waals surface area contributed by atoms with E-state index >= 15 is 0 Å². The molecule has 0 fully saturated rings. The fraction of sp³-hybridized carbons (Fsp3) is 0.310. The van der Waals surface area contributed by atoms with Gasteiger partial charge in [0, 0.05) is 41.6 Å². The minimum atomic E-state index is -0.134. The smallest absolute Gasteiger partial charge is 0.258 e. The highest BCUT2D eigenvalue weighted by Crippen LogP contribution is 2.42. The lowest BCUT2D eigenvalue weighted by Crippen LogP contribution is -2.47. The van der Waals surface area contributed by atoms with E-state index in [9.17, 15) is 9.59 Å². The summed E-state index contributed by atoms with van der Waals surface area (Å²) in [5.74, 6) is 0.0571. The number of hydrogen-bond donors (Lipinski definition) is 1. The van der Waals surface area contributed by atoms with E-state index in [4.69, 9.17) is 0 Å². The SMILES string of the molecule is CCCNc1ccc(C(=O)N2c3ccccc3[C@@H](N(C(=O)CC)c3ccccc3)C[C@H]2C)cc1. The fourth-order valence-corrected chi connectivity index (χ4v) is 4.73. The molecule has 1 aliphatic heterocycles. The van der Waals surface area contributed by atoms with Crippen molar-refractivity contribution in [2.75, 3.05) is 21.7 Å². The number of carbonyl (C=O) groups excluding carboxylic acids is 2. The molecule has 0 saturated heterocycles. The van der Waals surface area contributed by atoms with Crippen molar-refractivity contribution in [3.05, 3.63) is 90.0 Å². The molecule has 4 rings (SSSR count). The van der Waals surface area contributed by atoms with Crippen LogP contribution in [0.2, 0.25) is 0 Å². The first-order valence-electron chi connectivity index (χ1n) is 12.2. The molecule has 0 unspecified atom stereocenters. The van der Waals surface area contributed by atoms with Gasteiger partial charge in [-0.1, -0.05) is 50.2 Å². The van der Waals surface area contributed by atoms with E-state index in [1.54, 1.807) is 0 Å². The van der Waals surface area contributed by atoms with Crippen LogP contribution in [-0.2, 0) is 4.79 Å². The Labute approximate surface area is 202 Å². The van der Waals surface area contributed by atoms with Gasteiger partial charge in [-0.15, -0.1) is 0 Å². The lowest BCUT2D eigenvalue weighted by atomic mass is 9.89. The second-order valence-corrected chi connectivity index (χ2v) is 8.79. The number of nitrogens with zero attached hydrogens (tertiary/aromatic N) is 2. The first kappa shape index (κ1) is 23.6. The molecule has 3 aromatic rings. The van der Waals surface area contributed by atoms with Gasteiger partial charge < -0.3 is 15.1 Å². The van der Waals surface area contributed by atoms with Crippen LogP contribution < -0.4 is 15.1 Å². The molecular weight excluding hydrogens is 422 g/mol. The Kier molecular flexibility index (Phi) is 7.31. The summed E-state index contributed by atoms with van der Waals surface area (Å²) in [5.41, 5.74) is 4.43. The number of nitrogens with one attached hydrogen (secondary N) is 1. The Hall–Kier alpha value is -3.60. The average molecular weight is 456 g/mol. The number of fused-ring (bicyclic) bond motifs is 1. The Morgan fingerprint density at radius 1 is 0.941 bits per heavy atom. The van der Waals surface area contributed by atoms with Gasteiger partial charge in [-0.05, 0) is 67.8 Å². The summed E-state index contributed by atoms with van der Waals surface area (Å²) in [6.07, 6.45) is 2.13. The van der Waals surface area contributed by atoms with Crippen LogP contribution in [0.5, 0.6) is 0 Å². The number of benzene rings is 3. The Morgan fingerprint density at radius 3 is 2.29 bits per heavy atom. The van der Waals surface area contributed by atoms with Gasteiger partial charge >= 0.3 is 0 Å². The first-order chi connectivity index (χ1) is 16.5. The average Bonchev–Trinajstić information content (AvgIpc) is 2.88. The van der Waals surface area contributed by atoms with E-state index in [1.807, 2.05) is 95.6 Å². The molecule has 2 amide bonds. The van der Waals surface area contributed by atoms with Crippen LogP contribution in [0, 0.1) is 0 Å². The Morgan fingerprint density at radius 2 is 1.62 bits per heavy atom. The normalized spacial score (nSPS) is 17.1. The summed E-state index contributed by atoms with van der Waals surface area (Å²) in [7, 11) is 0. The zero-order valence-corrected chi connectivity index (χ0v) is 20.2. The molecule has 34 heavy (non-hydrogen) atoms. The molecule has 5 nitrogen and oxygen atoms in total. The predicted molar refractivity (Wildman–Crippen MR) is 140 cm³/mol. The van der Waals surface area contributed by atoms with Crippen LogP contribution in [-0.4, -0.2) is 24.4 Å². The number of hydrogen-bond acceptors (Lipinski definition) is 3. The van der Waals surface area contributed by atoms with Gasteiger partial charge in [0.05, 0.1) is 6.04 Å². The van der Waals surface area contributed by atoms with Crippen molar-refractivity contribution in [2.24, 2.45) is 0 Å². The maximum Gasteiger partial charge on any atom is 0.258 e. The van der Waals surface area contributed by atoms with Gasteiger partial charge in [0.1, 0.15) is 0 Å². The van der Waals surface area contributed by atoms with Crippen LogP contribution in [0.4, 0.5) is 17.1 Å². The maximum atomic E-state index is 13.7. The third-order valence-corrected chi connectivity index (χ3v) is 6.41. The summed E-state index contributed by atoms with van der Waals surface area (Å²) in [5, 5.41) is 3.35. The van der Waals surface area contributed by atoms with Crippen molar-refractivity contribution < 1.29 is 9.59 Å². The Bertz CT molecular complexity index is 1130. The highest BCUT2D eigenvalue weighted by atomic mass is 16.2. The standard InChI is InChI=1S/C29H33N3O2/c1-4-19-30-23-17-15-22(16-18-23)29(34)31-21(3)20-27(25-13-9-10-14-26(25)31)32(28(33)5-2)24-11-7-6-8-12-24/h6-18,21,27,30H,4-5,19-20H2,1-3H3/t21-,27+/m1/s1. The molecule has 1 aliphatic rings. The summed E-state index contributed by atoms with van der Waals surface area (Å²) >= 11 is 0. The molecule has 1 N–H and O–H groups in total. The van der Waals surface area contributed by atoms with Gasteiger partial charge in [-0.25, -0.2) is 0 Å². The van der Waals surface area contributed by atoms with Crippen LogP contribution in [0.1, 0.15) is 62.0 Å². The van der Waals surface area contributed by atoms with Crippen LogP contribution in [0.25, 0.3) is 0 Å². The topological polar surface area (TPSA) is 52.7 Å². The summed E-state index contributed by atoms with van der Waals surface area (Å²) in [6.45, 7) is 6.99. The van der Waals surface area contributed by atoms with E-state index in [-0.39, 0.29) is 23.9 Å². The monoisotopic (exact) mass is 455 g/mol. The lowest BCUT2D eigenvalue weighted by molar-refractivity contribution is -0.118. The third kappa shape index (κ3) is 4.69. The quantitative estimate of drug-likeness (QED) is 0.446. The molecule has 0 radical (unpaired) electrons. The van der Waals surface area contributed by atoms with Crippen molar-refractivity contribution in [3.8, 4) is 0 Å². The number of anilines is 3.